The van der Waals surface area contributed by atoms with E-state index in [2.05, 4.69) is 11.4 Å². The number of rotatable bonds is 2. The summed E-state index contributed by atoms with van der Waals surface area (Å²) in [5, 5.41) is 12.0. The molecule has 0 spiro atoms. The van der Waals surface area contributed by atoms with Gasteiger partial charge in [-0.25, -0.2) is 4.39 Å². The van der Waals surface area contributed by atoms with E-state index >= 15 is 0 Å². The summed E-state index contributed by atoms with van der Waals surface area (Å²) in [5.74, 6) is -0.300. The predicted molar refractivity (Wildman–Crippen MR) is 58.9 cm³/mol. The van der Waals surface area contributed by atoms with E-state index in [1.54, 1.807) is 12.1 Å². The third-order valence-corrected chi connectivity index (χ3v) is 2.13. The number of nitrogens with zero attached hydrogens (tertiary/aromatic N) is 1. The first-order valence-corrected chi connectivity index (χ1v) is 4.85. The van der Waals surface area contributed by atoms with E-state index < -0.39 is 0 Å². The van der Waals surface area contributed by atoms with Gasteiger partial charge in [0.05, 0.1) is 6.07 Å². The molecular weight excluding hydrogens is 191 g/mol. The third-order valence-electron chi connectivity index (χ3n) is 2.13. The molecule has 0 saturated heterocycles. The molecule has 1 aromatic rings. The standard InChI is InChI=1S/C12H15FN2/c1-12(2,3)11(8-14)15-10-6-4-5-9(13)7-10/h4-7,11,15H,1-3H3. The normalized spacial score (nSPS) is 13.0. The molecule has 80 valence electrons. The van der Waals surface area contributed by atoms with Crippen molar-refractivity contribution < 1.29 is 4.39 Å². The zero-order valence-electron chi connectivity index (χ0n) is 9.21. The van der Waals surface area contributed by atoms with Gasteiger partial charge in [-0.2, -0.15) is 5.26 Å². The Labute approximate surface area is 89.7 Å². The van der Waals surface area contributed by atoms with Crippen molar-refractivity contribution in [3.63, 3.8) is 0 Å². The maximum atomic E-state index is 12.9. The van der Waals surface area contributed by atoms with Crippen LogP contribution in [0.3, 0.4) is 0 Å². The van der Waals surface area contributed by atoms with Crippen LogP contribution in [0.15, 0.2) is 24.3 Å². The van der Waals surface area contributed by atoms with Crippen LogP contribution in [0.4, 0.5) is 10.1 Å². The fraction of sp³-hybridized carbons (Fsp3) is 0.417. The van der Waals surface area contributed by atoms with Gasteiger partial charge < -0.3 is 5.32 Å². The smallest absolute Gasteiger partial charge is 0.125 e. The number of nitrogens with one attached hydrogen (secondary N) is 1. The van der Waals surface area contributed by atoms with E-state index in [0.29, 0.717) is 5.69 Å². The summed E-state index contributed by atoms with van der Waals surface area (Å²) < 4.78 is 12.9. The Morgan fingerprint density at radius 2 is 2.07 bits per heavy atom. The summed E-state index contributed by atoms with van der Waals surface area (Å²) in [6.45, 7) is 5.90. The van der Waals surface area contributed by atoms with Crippen molar-refractivity contribution in [3.8, 4) is 6.07 Å². The lowest BCUT2D eigenvalue weighted by Crippen LogP contribution is -2.32. The summed E-state index contributed by atoms with van der Waals surface area (Å²) in [5.41, 5.74) is 0.456. The van der Waals surface area contributed by atoms with Crippen LogP contribution in [0.25, 0.3) is 0 Å². The highest BCUT2D eigenvalue weighted by atomic mass is 19.1. The lowest BCUT2D eigenvalue weighted by molar-refractivity contribution is 0.390. The minimum absolute atomic E-state index is 0.179. The Morgan fingerprint density at radius 1 is 1.40 bits per heavy atom. The van der Waals surface area contributed by atoms with Crippen molar-refractivity contribution >= 4 is 5.69 Å². The van der Waals surface area contributed by atoms with Gasteiger partial charge in [-0.3, -0.25) is 0 Å². The van der Waals surface area contributed by atoms with Gasteiger partial charge in [0, 0.05) is 5.69 Å². The van der Waals surface area contributed by atoms with Gasteiger partial charge in [0.15, 0.2) is 0 Å². The highest BCUT2D eigenvalue weighted by molar-refractivity contribution is 5.45. The van der Waals surface area contributed by atoms with Gasteiger partial charge in [-0.15, -0.1) is 0 Å². The molecule has 0 bridgehead atoms. The van der Waals surface area contributed by atoms with Crippen LogP contribution in [-0.2, 0) is 0 Å². The first kappa shape index (κ1) is 11.5. The second-order valence-electron chi connectivity index (χ2n) is 4.58. The molecule has 1 N–H and O–H groups in total. The van der Waals surface area contributed by atoms with E-state index in [1.807, 2.05) is 20.8 Å². The number of hydrogen-bond acceptors (Lipinski definition) is 2. The summed E-state index contributed by atoms with van der Waals surface area (Å²) in [7, 11) is 0. The minimum atomic E-state index is -0.334. The predicted octanol–water partition coefficient (Wildman–Crippen LogP) is 3.18. The van der Waals surface area contributed by atoms with Gasteiger partial charge in [0.25, 0.3) is 0 Å². The Bertz CT molecular complexity index is 374. The molecule has 0 radical (unpaired) electrons. The Balaban J connectivity index is 2.82. The molecule has 1 rings (SSSR count). The van der Waals surface area contributed by atoms with Crippen LogP contribution in [-0.4, -0.2) is 6.04 Å². The molecule has 0 amide bonds. The Kier molecular flexibility index (Phi) is 3.31. The van der Waals surface area contributed by atoms with Crippen LogP contribution in [0, 0.1) is 22.6 Å². The van der Waals surface area contributed by atoms with Crippen molar-refractivity contribution in [2.75, 3.05) is 5.32 Å². The van der Waals surface area contributed by atoms with Gasteiger partial charge in [0.1, 0.15) is 11.9 Å². The van der Waals surface area contributed by atoms with Crippen molar-refractivity contribution in [1.82, 2.24) is 0 Å². The molecule has 1 unspecified atom stereocenters. The van der Waals surface area contributed by atoms with Gasteiger partial charge in [-0.1, -0.05) is 26.8 Å². The molecule has 0 aliphatic heterocycles. The second kappa shape index (κ2) is 4.31. The molecule has 0 aliphatic carbocycles. The average molecular weight is 206 g/mol. The SMILES string of the molecule is CC(C)(C)C(C#N)Nc1cccc(F)c1. The average Bonchev–Trinajstić information content (AvgIpc) is 2.12. The summed E-state index contributed by atoms with van der Waals surface area (Å²) in [6.07, 6.45) is 0. The molecule has 2 nitrogen and oxygen atoms in total. The quantitative estimate of drug-likeness (QED) is 0.806. The number of benzene rings is 1. The summed E-state index contributed by atoms with van der Waals surface area (Å²) in [6, 6.07) is 7.97. The fourth-order valence-corrected chi connectivity index (χ4v) is 1.19. The maximum absolute atomic E-state index is 12.9. The van der Waals surface area contributed by atoms with Gasteiger partial charge in [-0.05, 0) is 23.6 Å². The lowest BCUT2D eigenvalue weighted by atomic mass is 9.87. The first-order valence-electron chi connectivity index (χ1n) is 4.85. The zero-order chi connectivity index (χ0) is 11.5. The lowest BCUT2D eigenvalue weighted by Gasteiger charge is -2.26. The van der Waals surface area contributed by atoms with Crippen LogP contribution < -0.4 is 5.32 Å². The monoisotopic (exact) mass is 206 g/mol. The second-order valence-corrected chi connectivity index (χ2v) is 4.58. The molecule has 0 aliphatic rings. The number of nitriles is 1. The topological polar surface area (TPSA) is 35.8 Å². The molecule has 0 heterocycles. The highest BCUT2D eigenvalue weighted by Crippen LogP contribution is 2.22. The molecule has 0 aromatic heterocycles. The van der Waals surface area contributed by atoms with Crippen molar-refractivity contribution in [2.24, 2.45) is 5.41 Å². The van der Waals surface area contributed by atoms with Gasteiger partial charge >= 0.3 is 0 Å². The number of hydrogen-bond donors (Lipinski definition) is 1. The molecule has 1 aromatic carbocycles. The molecule has 1 atom stereocenters. The molecule has 15 heavy (non-hydrogen) atoms. The molecular formula is C12H15FN2. The van der Waals surface area contributed by atoms with Crippen LogP contribution >= 0.6 is 0 Å². The molecule has 0 saturated carbocycles. The fourth-order valence-electron chi connectivity index (χ4n) is 1.19. The van der Waals surface area contributed by atoms with Gasteiger partial charge in [0.2, 0.25) is 0 Å². The maximum Gasteiger partial charge on any atom is 0.125 e. The van der Waals surface area contributed by atoms with E-state index in [4.69, 9.17) is 5.26 Å². The van der Waals surface area contributed by atoms with E-state index in [-0.39, 0.29) is 17.3 Å². The number of halogens is 1. The van der Waals surface area contributed by atoms with E-state index in [0.717, 1.165) is 0 Å². The largest absolute Gasteiger partial charge is 0.369 e. The van der Waals surface area contributed by atoms with Crippen molar-refractivity contribution in [2.45, 2.75) is 26.8 Å². The Hall–Kier alpha value is -1.56. The van der Waals surface area contributed by atoms with Crippen molar-refractivity contribution in [1.29, 1.82) is 5.26 Å². The van der Waals surface area contributed by atoms with Crippen LogP contribution in [0.5, 0.6) is 0 Å². The van der Waals surface area contributed by atoms with Crippen molar-refractivity contribution in [3.05, 3.63) is 30.1 Å². The van der Waals surface area contributed by atoms with Crippen LogP contribution in [0.1, 0.15) is 20.8 Å². The highest BCUT2D eigenvalue weighted by Gasteiger charge is 2.24. The van der Waals surface area contributed by atoms with E-state index in [1.165, 1.54) is 12.1 Å². The third kappa shape index (κ3) is 3.25. The number of anilines is 1. The summed E-state index contributed by atoms with van der Waals surface area (Å²) in [4.78, 5) is 0. The van der Waals surface area contributed by atoms with E-state index in [9.17, 15) is 4.39 Å². The zero-order valence-corrected chi connectivity index (χ0v) is 9.21. The first-order chi connectivity index (χ1) is 6.93. The molecule has 3 heteroatoms. The van der Waals surface area contributed by atoms with Crippen LogP contribution in [0.2, 0.25) is 0 Å². The Morgan fingerprint density at radius 3 is 2.53 bits per heavy atom. The summed E-state index contributed by atoms with van der Waals surface area (Å²) >= 11 is 0. The minimum Gasteiger partial charge on any atom is -0.369 e. The molecule has 0 fully saturated rings.